The maximum atomic E-state index is 10.6. The fourth-order valence-electron chi connectivity index (χ4n) is 2.86. The summed E-state index contributed by atoms with van der Waals surface area (Å²) in [5, 5.41) is 14.1. The van der Waals surface area contributed by atoms with Crippen molar-refractivity contribution in [1.82, 2.24) is 5.32 Å². The van der Waals surface area contributed by atoms with Gasteiger partial charge in [0.15, 0.2) is 0 Å². The van der Waals surface area contributed by atoms with E-state index >= 15 is 0 Å². The van der Waals surface area contributed by atoms with Crippen LogP contribution in [0.3, 0.4) is 0 Å². The molecule has 0 amide bonds. The molecule has 24 heavy (non-hydrogen) atoms. The summed E-state index contributed by atoms with van der Waals surface area (Å²) in [4.78, 5) is 0. The normalized spacial score (nSPS) is 14.8. The minimum Gasteiger partial charge on any atom is -0.497 e. The van der Waals surface area contributed by atoms with Gasteiger partial charge in [-0.1, -0.05) is 29.8 Å². The van der Waals surface area contributed by atoms with E-state index in [1.807, 2.05) is 43.3 Å². The number of aryl methyl sites for hydroxylation is 1. The molecule has 2 N–H and O–H groups in total. The third-order valence-electron chi connectivity index (χ3n) is 4.30. The molecule has 0 aliphatic rings. The van der Waals surface area contributed by atoms with Crippen molar-refractivity contribution in [3.05, 3.63) is 59.2 Å². The molecule has 0 spiro atoms. The second-order valence-electron chi connectivity index (χ2n) is 6.14. The second-order valence-corrected chi connectivity index (χ2v) is 6.14. The lowest BCUT2D eigenvalue weighted by Gasteiger charge is -2.26. The highest BCUT2D eigenvalue weighted by Gasteiger charge is 2.20. The monoisotopic (exact) mass is 329 g/mol. The predicted molar refractivity (Wildman–Crippen MR) is 96.7 cm³/mol. The van der Waals surface area contributed by atoms with E-state index in [4.69, 9.17) is 9.47 Å². The lowest BCUT2D eigenvalue weighted by Crippen LogP contribution is -2.34. The highest BCUT2D eigenvalue weighted by Crippen LogP contribution is 2.28. The lowest BCUT2D eigenvalue weighted by molar-refractivity contribution is 0.130. The summed E-state index contributed by atoms with van der Waals surface area (Å²) in [7, 11) is 3.31. The molecule has 0 radical (unpaired) electrons. The zero-order chi connectivity index (χ0) is 17.7. The summed E-state index contributed by atoms with van der Waals surface area (Å²) in [6.07, 6.45) is -0.603. The molecule has 4 heteroatoms. The third-order valence-corrected chi connectivity index (χ3v) is 4.30. The summed E-state index contributed by atoms with van der Waals surface area (Å²) in [5.74, 6) is 1.64. The van der Waals surface area contributed by atoms with Gasteiger partial charge in [-0.05, 0) is 44.5 Å². The molecule has 0 heterocycles. The molecular formula is C20H27NO3. The Kier molecular flexibility index (Phi) is 6.23. The standard InChI is InChI=1S/C20H27NO3/c1-13-6-11-19(24-5)18(12-13)14(2)21-15(3)20(22)16-7-9-17(23-4)10-8-16/h6-12,14-15,20-22H,1-5H3. The van der Waals surface area contributed by atoms with E-state index in [0.717, 1.165) is 22.6 Å². The number of methoxy groups -OCH3 is 2. The molecule has 0 aromatic heterocycles. The van der Waals surface area contributed by atoms with E-state index in [0.29, 0.717) is 0 Å². The second kappa shape index (κ2) is 8.18. The summed E-state index contributed by atoms with van der Waals surface area (Å²) in [5.41, 5.74) is 3.13. The molecule has 2 rings (SSSR count). The van der Waals surface area contributed by atoms with Gasteiger partial charge in [-0.2, -0.15) is 0 Å². The van der Waals surface area contributed by atoms with E-state index in [1.165, 1.54) is 5.56 Å². The van der Waals surface area contributed by atoms with Gasteiger partial charge in [-0.25, -0.2) is 0 Å². The van der Waals surface area contributed by atoms with Gasteiger partial charge in [0, 0.05) is 17.6 Å². The van der Waals surface area contributed by atoms with Crippen molar-refractivity contribution in [2.45, 2.75) is 39.0 Å². The van der Waals surface area contributed by atoms with E-state index in [2.05, 4.69) is 25.2 Å². The van der Waals surface area contributed by atoms with Crippen molar-refractivity contribution in [2.75, 3.05) is 14.2 Å². The number of benzene rings is 2. The number of aliphatic hydroxyl groups excluding tert-OH is 1. The molecule has 2 aromatic rings. The van der Waals surface area contributed by atoms with Crippen LogP contribution >= 0.6 is 0 Å². The number of nitrogens with one attached hydrogen (secondary N) is 1. The maximum absolute atomic E-state index is 10.6. The minimum absolute atomic E-state index is 0.0581. The summed E-state index contributed by atoms with van der Waals surface area (Å²) in [6, 6.07) is 13.6. The first-order valence-electron chi connectivity index (χ1n) is 8.19. The SMILES string of the molecule is COc1ccc(C(O)C(C)NC(C)c2cc(C)ccc2OC)cc1. The highest BCUT2D eigenvalue weighted by atomic mass is 16.5. The molecule has 2 aromatic carbocycles. The van der Waals surface area contributed by atoms with Crippen molar-refractivity contribution >= 4 is 0 Å². The molecule has 0 aliphatic heterocycles. The first-order valence-corrected chi connectivity index (χ1v) is 8.19. The van der Waals surface area contributed by atoms with Crippen LogP contribution in [0.15, 0.2) is 42.5 Å². The van der Waals surface area contributed by atoms with Crippen LogP contribution in [0.25, 0.3) is 0 Å². The van der Waals surface area contributed by atoms with E-state index in [-0.39, 0.29) is 12.1 Å². The zero-order valence-corrected chi connectivity index (χ0v) is 15.0. The number of hydrogen-bond acceptors (Lipinski definition) is 4. The molecule has 0 saturated carbocycles. The largest absolute Gasteiger partial charge is 0.497 e. The van der Waals surface area contributed by atoms with Crippen molar-refractivity contribution in [1.29, 1.82) is 0 Å². The van der Waals surface area contributed by atoms with Crippen molar-refractivity contribution in [3.8, 4) is 11.5 Å². The smallest absolute Gasteiger partial charge is 0.123 e. The Morgan fingerprint density at radius 3 is 2.21 bits per heavy atom. The molecular weight excluding hydrogens is 302 g/mol. The summed E-state index contributed by atoms with van der Waals surface area (Å²) in [6.45, 7) is 6.12. The molecule has 0 fully saturated rings. The number of hydrogen-bond donors (Lipinski definition) is 2. The molecule has 3 atom stereocenters. The molecule has 130 valence electrons. The van der Waals surface area contributed by atoms with Gasteiger partial charge in [-0.3, -0.25) is 0 Å². The Morgan fingerprint density at radius 1 is 0.958 bits per heavy atom. The Labute approximate surface area is 144 Å². The molecule has 4 nitrogen and oxygen atoms in total. The van der Waals surface area contributed by atoms with Crippen LogP contribution in [0.1, 0.15) is 42.7 Å². The van der Waals surface area contributed by atoms with Gasteiger partial charge in [0.05, 0.1) is 20.3 Å². The van der Waals surface area contributed by atoms with Gasteiger partial charge in [0.1, 0.15) is 11.5 Å². The van der Waals surface area contributed by atoms with Crippen LogP contribution in [0, 0.1) is 6.92 Å². The van der Waals surface area contributed by atoms with Crippen molar-refractivity contribution < 1.29 is 14.6 Å². The van der Waals surface area contributed by atoms with Crippen LogP contribution in [-0.2, 0) is 0 Å². The third kappa shape index (κ3) is 4.28. The van der Waals surface area contributed by atoms with Gasteiger partial charge in [-0.15, -0.1) is 0 Å². The van der Waals surface area contributed by atoms with Crippen molar-refractivity contribution in [2.24, 2.45) is 0 Å². The Balaban J connectivity index is 2.10. The van der Waals surface area contributed by atoms with Crippen LogP contribution in [0.2, 0.25) is 0 Å². The van der Waals surface area contributed by atoms with Crippen molar-refractivity contribution in [3.63, 3.8) is 0 Å². The Bertz CT molecular complexity index is 654. The number of aliphatic hydroxyl groups is 1. The first-order chi connectivity index (χ1) is 11.5. The zero-order valence-electron chi connectivity index (χ0n) is 15.0. The molecule has 3 unspecified atom stereocenters. The average Bonchev–Trinajstić information content (AvgIpc) is 2.61. The fourth-order valence-corrected chi connectivity index (χ4v) is 2.86. The quantitative estimate of drug-likeness (QED) is 0.811. The van der Waals surface area contributed by atoms with Gasteiger partial charge >= 0.3 is 0 Å². The van der Waals surface area contributed by atoms with Crippen LogP contribution < -0.4 is 14.8 Å². The maximum Gasteiger partial charge on any atom is 0.123 e. The minimum atomic E-state index is -0.603. The fraction of sp³-hybridized carbons (Fsp3) is 0.400. The van der Waals surface area contributed by atoms with E-state index < -0.39 is 6.10 Å². The summed E-state index contributed by atoms with van der Waals surface area (Å²) < 4.78 is 10.6. The van der Waals surface area contributed by atoms with E-state index in [1.54, 1.807) is 14.2 Å². The van der Waals surface area contributed by atoms with Crippen LogP contribution in [0.5, 0.6) is 11.5 Å². The highest BCUT2D eigenvalue weighted by molar-refractivity contribution is 5.39. The number of rotatable bonds is 7. The Morgan fingerprint density at radius 2 is 1.62 bits per heavy atom. The van der Waals surface area contributed by atoms with Gasteiger partial charge in [0.2, 0.25) is 0 Å². The lowest BCUT2D eigenvalue weighted by atomic mass is 10.00. The van der Waals surface area contributed by atoms with Gasteiger partial charge in [0.25, 0.3) is 0 Å². The molecule has 0 aliphatic carbocycles. The molecule has 0 bridgehead atoms. The summed E-state index contributed by atoms with van der Waals surface area (Å²) >= 11 is 0. The first kappa shape index (κ1) is 18.3. The van der Waals surface area contributed by atoms with Gasteiger partial charge < -0.3 is 19.9 Å². The van der Waals surface area contributed by atoms with Crippen LogP contribution in [-0.4, -0.2) is 25.4 Å². The van der Waals surface area contributed by atoms with E-state index in [9.17, 15) is 5.11 Å². The Hall–Kier alpha value is -2.04. The topological polar surface area (TPSA) is 50.7 Å². The van der Waals surface area contributed by atoms with Crippen LogP contribution in [0.4, 0.5) is 0 Å². The molecule has 0 saturated heterocycles. The number of ether oxygens (including phenoxy) is 2. The average molecular weight is 329 g/mol. The predicted octanol–water partition coefficient (Wildman–Crippen LogP) is 3.78.